The smallest absolute Gasteiger partial charge is 0.144 e. The molecule has 170 valence electrons. The van der Waals surface area contributed by atoms with Crippen LogP contribution in [0.3, 0.4) is 0 Å². The van der Waals surface area contributed by atoms with Gasteiger partial charge < -0.3 is 4.42 Å². The number of hydrogen-bond donors (Lipinski definition) is 0. The lowest BCUT2D eigenvalue weighted by atomic mass is 9.87. The average molecular weight is 454 g/mol. The molecule has 0 bridgehead atoms. The van der Waals surface area contributed by atoms with E-state index in [-0.39, 0.29) is 5.41 Å². The summed E-state index contributed by atoms with van der Waals surface area (Å²) in [4.78, 5) is 4.73. The van der Waals surface area contributed by atoms with Crippen LogP contribution in [0.25, 0.3) is 55.4 Å². The Bertz CT molecular complexity index is 1650. The van der Waals surface area contributed by atoms with Crippen LogP contribution in [-0.4, -0.2) is 4.98 Å². The SMILES string of the molecule is CC(C)(C)c1ccnc(-c2cccc3c2oc2cc(-c4ccccc4)cc(-c4ccccc4)c23)c1. The minimum absolute atomic E-state index is 0.0462. The Morgan fingerprint density at radius 1 is 0.629 bits per heavy atom. The minimum atomic E-state index is 0.0462. The van der Waals surface area contributed by atoms with Crippen LogP contribution in [-0.2, 0) is 5.41 Å². The van der Waals surface area contributed by atoms with E-state index < -0.39 is 0 Å². The van der Waals surface area contributed by atoms with Crippen molar-refractivity contribution in [3.8, 4) is 33.5 Å². The molecule has 0 radical (unpaired) electrons. The van der Waals surface area contributed by atoms with Gasteiger partial charge in [-0.05, 0) is 63.6 Å². The van der Waals surface area contributed by atoms with Gasteiger partial charge >= 0.3 is 0 Å². The molecule has 0 unspecified atom stereocenters. The molecule has 0 aliphatic rings. The number of pyridine rings is 1. The van der Waals surface area contributed by atoms with Crippen LogP contribution < -0.4 is 0 Å². The Kier molecular flexibility index (Phi) is 5.04. The first-order valence-corrected chi connectivity index (χ1v) is 12.1. The van der Waals surface area contributed by atoms with Crippen LogP contribution in [0.15, 0.2) is 114 Å². The molecule has 0 amide bonds. The van der Waals surface area contributed by atoms with E-state index >= 15 is 0 Å². The average Bonchev–Trinajstić information content (AvgIpc) is 3.27. The molecule has 0 aliphatic heterocycles. The van der Waals surface area contributed by atoms with Gasteiger partial charge in [-0.3, -0.25) is 4.98 Å². The number of aromatic nitrogens is 1. The van der Waals surface area contributed by atoms with Gasteiger partial charge in [0.05, 0.1) is 5.69 Å². The number of para-hydroxylation sites is 1. The topological polar surface area (TPSA) is 26.0 Å². The molecule has 6 aromatic rings. The second-order valence-electron chi connectivity index (χ2n) is 10.1. The lowest BCUT2D eigenvalue weighted by Gasteiger charge is -2.19. The maximum absolute atomic E-state index is 6.65. The Hall–Kier alpha value is -4.17. The summed E-state index contributed by atoms with van der Waals surface area (Å²) in [5.74, 6) is 0. The third-order valence-corrected chi connectivity index (χ3v) is 6.69. The Morgan fingerprint density at radius 2 is 1.34 bits per heavy atom. The van der Waals surface area contributed by atoms with Crippen LogP contribution in [0.2, 0.25) is 0 Å². The molecule has 2 nitrogen and oxygen atoms in total. The molecule has 6 rings (SSSR count). The first-order valence-electron chi connectivity index (χ1n) is 12.1. The van der Waals surface area contributed by atoms with Crippen LogP contribution >= 0.6 is 0 Å². The van der Waals surface area contributed by atoms with Crippen molar-refractivity contribution in [3.05, 3.63) is 115 Å². The van der Waals surface area contributed by atoms with Crippen LogP contribution in [0.4, 0.5) is 0 Å². The second kappa shape index (κ2) is 8.25. The standard InChI is InChI=1S/C33H27NO/c1-33(2,3)25-17-18-34-29(21-25)26-15-10-16-27-31-28(23-13-8-5-9-14-23)19-24(20-30(31)35-32(26)27)22-11-6-4-7-12-22/h4-21H,1-3H3. The summed E-state index contributed by atoms with van der Waals surface area (Å²) >= 11 is 0. The van der Waals surface area contributed by atoms with Crippen LogP contribution in [0, 0.1) is 0 Å². The summed E-state index contributed by atoms with van der Waals surface area (Å²) in [6, 6.07) is 36.2. The summed E-state index contributed by atoms with van der Waals surface area (Å²) < 4.78 is 6.65. The predicted octanol–water partition coefficient (Wildman–Crippen LogP) is 9.28. The van der Waals surface area contributed by atoms with E-state index in [2.05, 4.69) is 118 Å². The molecular formula is C33H27NO. The van der Waals surface area contributed by atoms with E-state index in [0.29, 0.717) is 0 Å². The summed E-state index contributed by atoms with van der Waals surface area (Å²) in [5.41, 5.74) is 9.69. The molecule has 2 heterocycles. The predicted molar refractivity (Wildman–Crippen MR) is 147 cm³/mol. The zero-order chi connectivity index (χ0) is 24.0. The summed E-state index contributed by atoms with van der Waals surface area (Å²) in [6.45, 7) is 6.68. The molecule has 0 spiro atoms. The summed E-state index contributed by atoms with van der Waals surface area (Å²) in [5, 5.41) is 2.25. The quantitative estimate of drug-likeness (QED) is 0.267. The molecule has 4 aromatic carbocycles. The minimum Gasteiger partial charge on any atom is -0.455 e. The van der Waals surface area contributed by atoms with E-state index in [1.807, 2.05) is 12.3 Å². The third kappa shape index (κ3) is 3.81. The molecule has 2 heteroatoms. The Balaban J connectivity index is 1.66. The van der Waals surface area contributed by atoms with E-state index in [9.17, 15) is 0 Å². The zero-order valence-corrected chi connectivity index (χ0v) is 20.2. The molecule has 0 aliphatic carbocycles. The maximum atomic E-state index is 6.65. The molecule has 2 aromatic heterocycles. The highest BCUT2D eigenvalue weighted by Crippen LogP contribution is 2.42. The van der Waals surface area contributed by atoms with Gasteiger partial charge in [0.15, 0.2) is 0 Å². The van der Waals surface area contributed by atoms with Crippen molar-refractivity contribution < 1.29 is 4.42 Å². The van der Waals surface area contributed by atoms with Crippen molar-refractivity contribution >= 4 is 21.9 Å². The fourth-order valence-corrected chi connectivity index (χ4v) is 4.82. The van der Waals surface area contributed by atoms with Crippen molar-refractivity contribution in [3.63, 3.8) is 0 Å². The molecule has 0 saturated carbocycles. The van der Waals surface area contributed by atoms with E-state index in [1.165, 1.54) is 22.3 Å². The van der Waals surface area contributed by atoms with Gasteiger partial charge in [0, 0.05) is 22.5 Å². The number of fused-ring (bicyclic) bond motifs is 3. The largest absolute Gasteiger partial charge is 0.455 e. The number of hydrogen-bond acceptors (Lipinski definition) is 2. The van der Waals surface area contributed by atoms with Crippen molar-refractivity contribution in [1.82, 2.24) is 4.98 Å². The molecular weight excluding hydrogens is 426 g/mol. The van der Waals surface area contributed by atoms with E-state index in [1.54, 1.807) is 0 Å². The van der Waals surface area contributed by atoms with Crippen molar-refractivity contribution in [2.75, 3.05) is 0 Å². The fourth-order valence-electron chi connectivity index (χ4n) is 4.82. The monoisotopic (exact) mass is 453 g/mol. The molecule has 0 atom stereocenters. The highest BCUT2D eigenvalue weighted by atomic mass is 16.3. The number of nitrogens with zero attached hydrogens (tertiary/aromatic N) is 1. The maximum Gasteiger partial charge on any atom is 0.144 e. The van der Waals surface area contributed by atoms with E-state index in [0.717, 1.165) is 38.8 Å². The Labute approximate surface area is 205 Å². The van der Waals surface area contributed by atoms with Gasteiger partial charge in [0.1, 0.15) is 11.2 Å². The van der Waals surface area contributed by atoms with Gasteiger partial charge in [0.25, 0.3) is 0 Å². The number of benzene rings is 4. The highest BCUT2D eigenvalue weighted by Gasteiger charge is 2.20. The second-order valence-corrected chi connectivity index (χ2v) is 10.1. The van der Waals surface area contributed by atoms with Crippen LogP contribution in [0.1, 0.15) is 26.3 Å². The number of rotatable bonds is 3. The molecule has 35 heavy (non-hydrogen) atoms. The van der Waals surface area contributed by atoms with Gasteiger partial charge in [-0.15, -0.1) is 0 Å². The first kappa shape index (κ1) is 21.4. The normalized spacial score (nSPS) is 11.9. The fraction of sp³-hybridized carbons (Fsp3) is 0.121. The summed E-state index contributed by atoms with van der Waals surface area (Å²) in [7, 11) is 0. The van der Waals surface area contributed by atoms with Crippen molar-refractivity contribution in [1.29, 1.82) is 0 Å². The van der Waals surface area contributed by atoms with Crippen molar-refractivity contribution in [2.24, 2.45) is 0 Å². The van der Waals surface area contributed by atoms with Gasteiger partial charge in [-0.1, -0.05) is 93.6 Å². The summed E-state index contributed by atoms with van der Waals surface area (Å²) in [6.07, 6.45) is 1.90. The lowest BCUT2D eigenvalue weighted by molar-refractivity contribution is 0.589. The third-order valence-electron chi connectivity index (χ3n) is 6.69. The highest BCUT2D eigenvalue weighted by molar-refractivity contribution is 6.16. The van der Waals surface area contributed by atoms with Crippen molar-refractivity contribution in [2.45, 2.75) is 26.2 Å². The zero-order valence-electron chi connectivity index (χ0n) is 20.2. The number of furan rings is 1. The Morgan fingerprint density at radius 3 is 2.06 bits per heavy atom. The first-order chi connectivity index (χ1) is 17.0. The molecule has 0 N–H and O–H groups in total. The van der Waals surface area contributed by atoms with Gasteiger partial charge in [-0.2, -0.15) is 0 Å². The molecule has 0 fully saturated rings. The lowest BCUT2D eigenvalue weighted by Crippen LogP contribution is -2.11. The van der Waals surface area contributed by atoms with Crippen LogP contribution in [0.5, 0.6) is 0 Å². The van der Waals surface area contributed by atoms with Gasteiger partial charge in [0.2, 0.25) is 0 Å². The molecule has 0 saturated heterocycles. The van der Waals surface area contributed by atoms with E-state index in [4.69, 9.17) is 9.40 Å². The van der Waals surface area contributed by atoms with Gasteiger partial charge in [-0.25, -0.2) is 0 Å².